The average Bonchev–Trinajstić information content (AvgIpc) is 2.79. The summed E-state index contributed by atoms with van der Waals surface area (Å²) < 4.78 is 5.95. The second kappa shape index (κ2) is 9.12. The molecule has 3 aromatic rings. The number of fused-ring (bicyclic) bond motifs is 1. The maximum absolute atomic E-state index is 12.8. The number of nitrogens with one attached hydrogen (secondary N) is 1. The Balaban J connectivity index is 1.48. The van der Waals surface area contributed by atoms with Gasteiger partial charge in [-0.05, 0) is 54.7 Å². The van der Waals surface area contributed by atoms with Crippen LogP contribution < -0.4 is 5.32 Å². The van der Waals surface area contributed by atoms with Gasteiger partial charge in [-0.1, -0.05) is 67.1 Å². The van der Waals surface area contributed by atoms with Crippen molar-refractivity contribution in [1.29, 1.82) is 0 Å². The van der Waals surface area contributed by atoms with Crippen LogP contribution in [0, 0.1) is 0 Å². The van der Waals surface area contributed by atoms with Crippen LogP contribution in [0.3, 0.4) is 0 Å². The van der Waals surface area contributed by atoms with Crippen molar-refractivity contribution < 1.29 is 14.3 Å². The smallest absolute Gasteiger partial charge is 0.328 e. The minimum atomic E-state index is -0.701. The molecule has 1 fully saturated rings. The van der Waals surface area contributed by atoms with Crippen LogP contribution in [0.4, 0.5) is 0 Å². The zero-order valence-electron chi connectivity index (χ0n) is 17.2. The van der Waals surface area contributed by atoms with Crippen LogP contribution in [0.15, 0.2) is 72.8 Å². The predicted octanol–water partition coefficient (Wildman–Crippen LogP) is 5.23. The molecular formula is C26H27NO3. The Bertz CT molecular complexity index is 1030. The molecule has 1 amide bonds. The summed E-state index contributed by atoms with van der Waals surface area (Å²) in [5, 5.41) is 5.18. The summed E-state index contributed by atoms with van der Waals surface area (Å²) in [6.45, 7) is 1.68. The van der Waals surface area contributed by atoms with E-state index in [0.29, 0.717) is 5.56 Å². The SMILES string of the molecule is CC(NC(=O)c1ccccc1)C(=O)O[C@H]1CCCC[C@@H]1c1cccc2ccccc12. The maximum Gasteiger partial charge on any atom is 0.328 e. The van der Waals surface area contributed by atoms with Crippen LogP contribution in [-0.2, 0) is 9.53 Å². The number of ether oxygens (including phenoxy) is 1. The van der Waals surface area contributed by atoms with E-state index in [2.05, 4.69) is 41.7 Å². The first-order valence-corrected chi connectivity index (χ1v) is 10.7. The largest absolute Gasteiger partial charge is 0.460 e. The highest BCUT2D eigenvalue weighted by Gasteiger charge is 2.32. The lowest BCUT2D eigenvalue weighted by Crippen LogP contribution is -2.42. The number of hydrogen-bond acceptors (Lipinski definition) is 3. The normalized spacial score (nSPS) is 19.8. The van der Waals surface area contributed by atoms with E-state index in [4.69, 9.17) is 4.74 Å². The number of esters is 1. The second-order valence-corrected chi connectivity index (χ2v) is 8.00. The second-order valence-electron chi connectivity index (χ2n) is 8.00. The van der Waals surface area contributed by atoms with Gasteiger partial charge in [0.05, 0.1) is 0 Å². The summed E-state index contributed by atoms with van der Waals surface area (Å²) in [6.07, 6.45) is 3.84. The fraction of sp³-hybridized carbons (Fsp3) is 0.308. The van der Waals surface area contributed by atoms with Gasteiger partial charge in [0.15, 0.2) is 0 Å². The molecule has 1 N–H and O–H groups in total. The Hall–Kier alpha value is -3.14. The van der Waals surface area contributed by atoms with Crippen molar-refractivity contribution in [2.75, 3.05) is 0 Å². The first-order chi connectivity index (χ1) is 14.6. The van der Waals surface area contributed by atoms with Gasteiger partial charge in [0, 0.05) is 11.5 Å². The monoisotopic (exact) mass is 401 g/mol. The van der Waals surface area contributed by atoms with Crippen LogP contribution in [0.1, 0.15) is 54.4 Å². The molecule has 0 bridgehead atoms. The molecule has 1 unspecified atom stereocenters. The molecule has 1 saturated carbocycles. The fourth-order valence-electron chi connectivity index (χ4n) is 4.35. The van der Waals surface area contributed by atoms with Crippen molar-refractivity contribution >= 4 is 22.6 Å². The van der Waals surface area contributed by atoms with Gasteiger partial charge in [-0.2, -0.15) is 0 Å². The van der Waals surface area contributed by atoms with Crippen LogP contribution in [0.5, 0.6) is 0 Å². The van der Waals surface area contributed by atoms with Gasteiger partial charge < -0.3 is 10.1 Å². The molecule has 154 valence electrons. The van der Waals surface area contributed by atoms with Crippen LogP contribution in [0.2, 0.25) is 0 Å². The quantitative estimate of drug-likeness (QED) is 0.596. The van der Waals surface area contributed by atoms with E-state index >= 15 is 0 Å². The lowest BCUT2D eigenvalue weighted by Gasteiger charge is -2.33. The molecule has 0 saturated heterocycles. The topological polar surface area (TPSA) is 55.4 Å². The number of hydrogen-bond donors (Lipinski definition) is 1. The molecule has 0 aromatic heterocycles. The molecule has 4 rings (SSSR count). The van der Waals surface area contributed by atoms with Crippen molar-refractivity contribution in [1.82, 2.24) is 5.32 Å². The van der Waals surface area contributed by atoms with Gasteiger partial charge in [-0.3, -0.25) is 4.79 Å². The van der Waals surface area contributed by atoms with Gasteiger partial charge in [0.2, 0.25) is 0 Å². The summed E-state index contributed by atoms with van der Waals surface area (Å²) in [5.74, 6) is -0.475. The third kappa shape index (κ3) is 4.38. The average molecular weight is 402 g/mol. The molecule has 0 radical (unpaired) electrons. The zero-order valence-corrected chi connectivity index (χ0v) is 17.2. The van der Waals surface area contributed by atoms with Crippen molar-refractivity contribution in [2.24, 2.45) is 0 Å². The molecule has 4 heteroatoms. The summed E-state index contributed by atoms with van der Waals surface area (Å²) in [6, 6.07) is 22.9. The van der Waals surface area contributed by atoms with E-state index in [1.165, 1.54) is 16.3 Å². The molecular weight excluding hydrogens is 374 g/mol. The van der Waals surface area contributed by atoms with Crippen molar-refractivity contribution in [3.63, 3.8) is 0 Å². The highest BCUT2D eigenvalue weighted by Crippen LogP contribution is 2.38. The third-order valence-corrected chi connectivity index (χ3v) is 5.93. The van der Waals surface area contributed by atoms with Gasteiger partial charge in [-0.15, -0.1) is 0 Å². The van der Waals surface area contributed by atoms with E-state index < -0.39 is 6.04 Å². The van der Waals surface area contributed by atoms with E-state index in [0.717, 1.165) is 25.7 Å². The summed E-state index contributed by atoms with van der Waals surface area (Å²) in [4.78, 5) is 25.1. The Kier molecular flexibility index (Phi) is 6.12. The highest BCUT2D eigenvalue weighted by atomic mass is 16.5. The summed E-state index contributed by atoms with van der Waals surface area (Å²) >= 11 is 0. The first-order valence-electron chi connectivity index (χ1n) is 10.7. The molecule has 3 aromatic carbocycles. The van der Waals surface area contributed by atoms with Gasteiger partial charge >= 0.3 is 5.97 Å². The molecule has 1 aliphatic carbocycles. The summed E-state index contributed by atoms with van der Waals surface area (Å²) in [7, 11) is 0. The Morgan fingerprint density at radius 1 is 0.900 bits per heavy atom. The van der Waals surface area contributed by atoms with E-state index in [-0.39, 0.29) is 23.9 Å². The predicted molar refractivity (Wildman–Crippen MR) is 118 cm³/mol. The number of benzene rings is 3. The van der Waals surface area contributed by atoms with E-state index in [1.54, 1.807) is 31.2 Å². The molecule has 30 heavy (non-hydrogen) atoms. The van der Waals surface area contributed by atoms with Crippen molar-refractivity contribution in [3.05, 3.63) is 83.9 Å². The van der Waals surface area contributed by atoms with Crippen molar-refractivity contribution in [3.8, 4) is 0 Å². The molecule has 0 heterocycles. The third-order valence-electron chi connectivity index (χ3n) is 5.93. The Morgan fingerprint density at radius 2 is 1.60 bits per heavy atom. The van der Waals surface area contributed by atoms with Crippen LogP contribution in [0.25, 0.3) is 10.8 Å². The van der Waals surface area contributed by atoms with E-state index in [9.17, 15) is 9.59 Å². The molecule has 0 aliphatic heterocycles. The fourth-order valence-corrected chi connectivity index (χ4v) is 4.35. The molecule has 1 aliphatic rings. The standard InChI is InChI=1S/C26H27NO3/c1-18(27-25(28)20-11-3-2-4-12-20)26(29)30-24-17-8-7-15-23(24)22-16-9-13-19-10-5-6-14-21(19)22/h2-6,9-14,16,18,23-24H,7-8,15,17H2,1H3,(H,27,28)/t18?,23-,24+/m1/s1. The van der Waals surface area contributed by atoms with Crippen molar-refractivity contribution in [2.45, 2.75) is 50.7 Å². The summed E-state index contributed by atoms with van der Waals surface area (Å²) in [5.41, 5.74) is 1.77. The number of carbonyl (C=O) groups is 2. The number of rotatable bonds is 5. The Labute approximate surface area is 177 Å². The lowest BCUT2D eigenvalue weighted by atomic mass is 9.80. The molecule has 3 atom stereocenters. The van der Waals surface area contributed by atoms with Gasteiger partial charge in [0.25, 0.3) is 5.91 Å². The lowest BCUT2D eigenvalue weighted by molar-refractivity contribution is -0.153. The zero-order chi connectivity index (χ0) is 20.9. The minimum absolute atomic E-state index is 0.172. The highest BCUT2D eigenvalue weighted by molar-refractivity contribution is 5.96. The van der Waals surface area contributed by atoms with Crippen LogP contribution >= 0.6 is 0 Å². The molecule has 4 nitrogen and oxygen atoms in total. The number of amides is 1. The van der Waals surface area contributed by atoms with Gasteiger partial charge in [0.1, 0.15) is 12.1 Å². The van der Waals surface area contributed by atoms with Gasteiger partial charge in [-0.25, -0.2) is 4.79 Å². The van der Waals surface area contributed by atoms with Crippen LogP contribution in [-0.4, -0.2) is 24.0 Å². The number of carbonyl (C=O) groups excluding carboxylic acids is 2. The van der Waals surface area contributed by atoms with E-state index in [1.807, 2.05) is 12.1 Å². The Morgan fingerprint density at radius 3 is 2.43 bits per heavy atom. The first kappa shape index (κ1) is 20.1. The minimum Gasteiger partial charge on any atom is -0.460 e. The maximum atomic E-state index is 12.8. The molecule has 0 spiro atoms.